The zero-order valence-corrected chi connectivity index (χ0v) is 14.4. The fourth-order valence-electron chi connectivity index (χ4n) is 2.81. The van der Waals surface area contributed by atoms with Crippen molar-refractivity contribution in [2.45, 2.75) is 72.9 Å². The van der Waals surface area contributed by atoms with E-state index in [1.165, 1.54) is 18.5 Å². The summed E-state index contributed by atoms with van der Waals surface area (Å²) in [4.78, 5) is 0. The quantitative estimate of drug-likeness (QED) is 0.745. The molecular weight excluding hydrogens is 270 g/mol. The van der Waals surface area contributed by atoms with E-state index in [1.54, 1.807) is 0 Å². The molecule has 0 saturated carbocycles. The van der Waals surface area contributed by atoms with Crippen LogP contribution >= 0.6 is 11.6 Å². The SMILES string of the molecule is CCCC(C)C(Cc1c(Cl)c(CC)nn1CC)NCC. The van der Waals surface area contributed by atoms with Crippen LogP contribution in [0, 0.1) is 5.92 Å². The lowest BCUT2D eigenvalue weighted by Gasteiger charge is -2.25. The fourth-order valence-corrected chi connectivity index (χ4v) is 3.16. The van der Waals surface area contributed by atoms with Crippen LogP contribution in [0.25, 0.3) is 0 Å². The molecule has 0 spiro atoms. The Morgan fingerprint density at radius 1 is 1.25 bits per heavy atom. The second-order valence-electron chi connectivity index (χ2n) is 5.51. The van der Waals surface area contributed by atoms with Gasteiger partial charge in [-0.25, -0.2) is 0 Å². The van der Waals surface area contributed by atoms with Crippen LogP contribution < -0.4 is 5.32 Å². The summed E-state index contributed by atoms with van der Waals surface area (Å²) >= 11 is 6.52. The van der Waals surface area contributed by atoms with Gasteiger partial charge in [-0.05, 0) is 32.2 Å². The van der Waals surface area contributed by atoms with Crippen molar-refractivity contribution < 1.29 is 0 Å². The second-order valence-corrected chi connectivity index (χ2v) is 5.89. The lowest BCUT2D eigenvalue weighted by Crippen LogP contribution is -2.37. The third kappa shape index (κ3) is 4.23. The molecule has 0 aliphatic carbocycles. The van der Waals surface area contributed by atoms with E-state index in [1.807, 2.05) is 0 Å². The second kappa shape index (κ2) is 8.68. The van der Waals surface area contributed by atoms with Crippen molar-refractivity contribution in [3.05, 3.63) is 16.4 Å². The molecule has 1 aromatic heterocycles. The molecule has 4 heteroatoms. The minimum atomic E-state index is 0.476. The Hall–Kier alpha value is -0.540. The largest absolute Gasteiger partial charge is 0.314 e. The predicted octanol–water partition coefficient (Wildman–Crippen LogP) is 4.08. The van der Waals surface area contributed by atoms with E-state index in [0.29, 0.717) is 12.0 Å². The van der Waals surface area contributed by atoms with Crippen LogP contribution in [0.3, 0.4) is 0 Å². The molecule has 2 atom stereocenters. The van der Waals surface area contributed by atoms with E-state index >= 15 is 0 Å². The lowest BCUT2D eigenvalue weighted by atomic mass is 9.93. The summed E-state index contributed by atoms with van der Waals surface area (Å²) in [6, 6.07) is 0.476. The molecule has 0 saturated heterocycles. The summed E-state index contributed by atoms with van der Waals surface area (Å²) < 4.78 is 2.07. The van der Waals surface area contributed by atoms with Crippen LogP contribution in [0.4, 0.5) is 0 Å². The number of likely N-dealkylation sites (N-methyl/N-ethyl adjacent to an activating group) is 1. The molecule has 2 unspecified atom stereocenters. The Balaban J connectivity index is 2.94. The topological polar surface area (TPSA) is 29.9 Å². The fraction of sp³-hybridized carbons (Fsp3) is 0.812. The number of halogens is 1. The summed E-state index contributed by atoms with van der Waals surface area (Å²) in [5.41, 5.74) is 2.22. The van der Waals surface area contributed by atoms with Gasteiger partial charge >= 0.3 is 0 Å². The minimum absolute atomic E-state index is 0.476. The van der Waals surface area contributed by atoms with Crippen molar-refractivity contribution in [3.63, 3.8) is 0 Å². The number of nitrogens with one attached hydrogen (secondary N) is 1. The first kappa shape index (κ1) is 17.5. The van der Waals surface area contributed by atoms with Gasteiger partial charge in [-0.3, -0.25) is 4.68 Å². The number of rotatable bonds is 9. The maximum atomic E-state index is 6.52. The van der Waals surface area contributed by atoms with Crippen molar-refractivity contribution in [3.8, 4) is 0 Å². The molecule has 1 rings (SSSR count). The molecule has 3 nitrogen and oxygen atoms in total. The first-order valence-electron chi connectivity index (χ1n) is 8.06. The van der Waals surface area contributed by atoms with Gasteiger partial charge in [-0.1, -0.05) is 45.7 Å². The predicted molar refractivity (Wildman–Crippen MR) is 87.5 cm³/mol. The summed E-state index contributed by atoms with van der Waals surface area (Å²) in [5, 5.41) is 9.12. The van der Waals surface area contributed by atoms with Gasteiger partial charge in [0.25, 0.3) is 0 Å². The number of nitrogens with zero attached hydrogens (tertiary/aromatic N) is 2. The van der Waals surface area contributed by atoms with Gasteiger partial charge < -0.3 is 5.32 Å². The Morgan fingerprint density at radius 3 is 2.45 bits per heavy atom. The molecule has 0 aliphatic rings. The van der Waals surface area contributed by atoms with Gasteiger partial charge in [0.1, 0.15) is 0 Å². The first-order valence-corrected chi connectivity index (χ1v) is 8.44. The molecule has 0 aromatic carbocycles. The molecule has 1 N–H and O–H groups in total. The normalized spacial score (nSPS) is 14.5. The maximum Gasteiger partial charge on any atom is 0.0850 e. The van der Waals surface area contributed by atoms with E-state index in [-0.39, 0.29) is 0 Å². The van der Waals surface area contributed by atoms with Gasteiger partial charge in [0.2, 0.25) is 0 Å². The van der Waals surface area contributed by atoms with E-state index in [2.05, 4.69) is 49.7 Å². The van der Waals surface area contributed by atoms with E-state index in [4.69, 9.17) is 11.6 Å². The highest BCUT2D eigenvalue weighted by Crippen LogP contribution is 2.25. The summed E-state index contributed by atoms with van der Waals surface area (Å²) in [7, 11) is 0. The molecule has 20 heavy (non-hydrogen) atoms. The van der Waals surface area contributed by atoms with E-state index < -0.39 is 0 Å². The Bertz CT molecular complexity index is 401. The number of aromatic nitrogens is 2. The smallest absolute Gasteiger partial charge is 0.0850 e. The van der Waals surface area contributed by atoms with Crippen LogP contribution in [0.2, 0.25) is 5.02 Å². The van der Waals surface area contributed by atoms with Gasteiger partial charge in [-0.15, -0.1) is 0 Å². The molecule has 1 heterocycles. The molecular formula is C16H30ClN3. The van der Waals surface area contributed by atoms with Crippen molar-refractivity contribution in [2.24, 2.45) is 5.92 Å². The van der Waals surface area contributed by atoms with Crippen molar-refractivity contribution in [2.75, 3.05) is 6.54 Å². The Morgan fingerprint density at radius 2 is 1.95 bits per heavy atom. The van der Waals surface area contributed by atoms with Gasteiger partial charge in [0, 0.05) is 19.0 Å². The zero-order chi connectivity index (χ0) is 15.1. The highest BCUT2D eigenvalue weighted by molar-refractivity contribution is 6.31. The summed E-state index contributed by atoms with van der Waals surface area (Å²) in [6.45, 7) is 12.9. The van der Waals surface area contributed by atoms with Crippen LogP contribution in [0.15, 0.2) is 0 Å². The molecule has 0 aliphatic heterocycles. The lowest BCUT2D eigenvalue weighted by molar-refractivity contribution is 0.351. The molecule has 116 valence electrons. The molecule has 0 bridgehead atoms. The third-order valence-corrected chi connectivity index (χ3v) is 4.44. The standard InChI is InChI=1S/C16H30ClN3/c1-6-10-12(5)14(18-8-3)11-15-16(17)13(7-2)19-20(15)9-4/h12,14,18H,6-11H2,1-5H3. The average molecular weight is 300 g/mol. The van der Waals surface area contributed by atoms with Crippen molar-refractivity contribution >= 4 is 11.6 Å². The van der Waals surface area contributed by atoms with Crippen LogP contribution in [0.5, 0.6) is 0 Å². The molecule has 0 amide bonds. The van der Waals surface area contributed by atoms with E-state index in [9.17, 15) is 0 Å². The molecule has 1 aromatic rings. The molecule has 0 radical (unpaired) electrons. The number of aryl methyl sites for hydroxylation is 2. The maximum absolute atomic E-state index is 6.52. The zero-order valence-electron chi connectivity index (χ0n) is 13.7. The van der Waals surface area contributed by atoms with E-state index in [0.717, 1.165) is 36.6 Å². The van der Waals surface area contributed by atoms with Gasteiger partial charge in [-0.2, -0.15) is 5.10 Å². The monoisotopic (exact) mass is 299 g/mol. The molecule has 0 fully saturated rings. The van der Waals surface area contributed by atoms with Crippen molar-refractivity contribution in [1.82, 2.24) is 15.1 Å². The van der Waals surface area contributed by atoms with Crippen LogP contribution in [-0.2, 0) is 19.4 Å². The van der Waals surface area contributed by atoms with Crippen LogP contribution in [-0.4, -0.2) is 22.4 Å². The average Bonchev–Trinajstić information content (AvgIpc) is 2.74. The van der Waals surface area contributed by atoms with Gasteiger partial charge in [0.05, 0.1) is 16.4 Å². The highest BCUT2D eigenvalue weighted by Gasteiger charge is 2.22. The first-order chi connectivity index (χ1) is 9.58. The van der Waals surface area contributed by atoms with Gasteiger partial charge in [0.15, 0.2) is 0 Å². The Labute approximate surface area is 129 Å². The summed E-state index contributed by atoms with van der Waals surface area (Å²) in [6.07, 6.45) is 4.34. The number of hydrogen-bond acceptors (Lipinski definition) is 2. The number of hydrogen-bond donors (Lipinski definition) is 1. The summed E-state index contributed by atoms with van der Waals surface area (Å²) in [5.74, 6) is 0.654. The van der Waals surface area contributed by atoms with Crippen LogP contribution in [0.1, 0.15) is 58.8 Å². The minimum Gasteiger partial charge on any atom is -0.314 e. The van der Waals surface area contributed by atoms with Crippen molar-refractivity contribution in [1.29, 1.82) is 0 Å². The third-order valence-electron chi connectivity index (χ3n) is 4.00. The highest BCUT2D eigenvalue weighted by atomic mass is 35.5. The Kier molecular flexibility index (Phi) is 7.60.